The van der Waals surface area contributed by atoms with Crippen LogP contribution in [0.15, 0.2) is 78.9 Å². The molecule has 0 radical (unpaired) electrons. The lowest BCUT2D eigenvalue weighted by Crippen LogP contribution is -2.57. The van der Waals surface area contributed by atoms with E-state index >= 15 is 0 Å². The van der Waals surface area contributed by atoms with Crippen LogP contribution in [0.3, 0.4) is 0 Å². The van der Waals surface area contributed by atoms with Gasteiger partial charge in [-0.15, -0.1) is 0 Å². The van der Waals surface area contributed by atoms with Gasteiger partial charge in [0.1, 0.15) is 0 Å². The minimum Gasteiger partial charge on any atom is -0.309 e. The fraction of sp³-hybridized carbons (Fsp3) is 0.314. The standard InChI is InChI=1S/C35H29N/c1-2-7-26-22(6-1)19-23-12-13-31-33(32(23)26)35(24-15-20-14-21(17-24)18-25(35)16-20)29-10-5-9-28-27-8-3-4-11-30(27)36(31)34(28)29/h1-13,20-21,24-25H,14-19H2. The van der Waals surface area contributed by atoms with Crippen LogP contribution in [0.4, 0.5) is 0 Å². The quantitative estimate of drug-likeness (QED) is 0.213. The number of rotatable bonds is 0. The van der Waals surface area contributed by atoms with Gasteiger partial charge in [0.25, 0.3) is 0 Å². The molecule has 0 amide bonds. The number of fused-ring (bicyclic) bond motifs is 9. The summed E-state index contributed by atoms with van der Waals surface area (Å²) in [5, 5.41) is 2.85. The zero-order valence-corrected chi connectivity index (χ0v) is 20.5. The van der Waals surface area contributed by atoms with Crippen LogP contribution in [0, 0.1) is 23.7 Å². The molecular formula is C35H29N. The number of hydrogen-bond acceptors (Lipinski definition) is 0. The molecule has 174 valence electrons. The van der Waals surface area contributed by atoms with Gasteiger partial charge >= 0.3 is 0 Å². The second-order valence-corrected chi connectivity index (χ2v) is 12.6. The molecule has 0 atom stereocenters. The first-order valence-electron chi connectivity index (χ1n) is 14.1. The zero-order chi connectivity index (χ0) is 23.2. The summed E-state index contributed by atoms with van der Waals surface area (Å²) in [6, 6.07) is 30.7. The molecule has 36 heavy (non-hydrogen) atoms. The maximum absolute atomic E-state index is 2.66. The van der Waals surface area contributed by atoms with Crippen LogP contribution in [0.2, 0.25) is 0 Å². The highest BCUT2D eigenvalue weighted by atomic mass is 15.0. The molecule has 1 aromatic heterocycles. The van der Waals surface area contributed by atoms with E-state index in [1.165, 1.54) is 70.7 Å². The Kier molecular flexibility index (Phi) is 3.22. The predicted molar refractivity (Wildman–Crippen MR) is 147 cm³/mol. The van der Waals surface area contributed by atoms with Gasteiger partial charge in [0.15, 0.2) is 0 Å². The molecule has 4 fully saturated rings. The van der Waals surface area contributed by atoms with Crippen molar-refractivity contribution in [3.05, 3.63) is 101 Å². The SMILES string of the molecule is c1ccc2c(c1)Cc1ccc3c(c1-2)C1(c2cccc4c5ccccc5n-3c24)C2CC3CC(C2)CC1C3. The lowest BCUT2D eigenvalue weighted by atomic mass is 9.41. The fourth-order valence-corrected chi connectivity index (χ4v) is 10.3. The minimum absolute atomic E-state index is 0.148. The van der Waals surface area contributed by atoms with Crippen LogP contribution >= 0.6 is 0 Å². The van der Waals surface area contributed by atoms with E-state index in [0.29, 0.717) is 0 Å². The van der Waals surface area contributed by atoms with E-state index in [0.717, 1.165) is 30.1 Å². The maximum Gasteiger partial charge on any atom is 0.0582 e. The fourth-order valence-electron chi connectivity index (χ4n) is 10.3. The van der Waals surface area contributed by atoms with E-state index in [1.54, 1.807) is 22.3 Å². The summed E-state index contributed by atoms with van der Waals surface area (Å²) in [5.41, 5.74) is 14.0. The van der Waals surface area contributed by atoms with Gasteiger partial charge in [-0.05, 0) is 108 Å². The second kappa shape index (κ2) is 6.14. The summed E-state index contributed by atoms with van der Waals surface area (Å²) >= 11 is 0. The van der Waals surface area contributed by atoms with Crippen molar-refractivity contribution < 1.29 is 0 Å². The Morgan fingerprint density at radius 3 is 2.25 bits per heavy atom. The van der Waals surface area contributed by atoms with E-state index in [4.69, 9.17) is 0 Å². The van der Waals surface area contributed by atoms with Gasteiger partial charge in [0.05, 0.1) is 16.7 Å². The van der Waals surface area contributed by atoms with Crippen molar-refractivity contribution in [1.82, 2.24) is 4.57 Å². The molecule has 4 saturated carbocycles. The number of para-hydroxylation sites is 2. The van der Waals surface area contributed by atoms with Gasteiger partial charge in [-0.3, -0.25) is 0 Å². The van der Waals surface area contributed by atoms with E-state index in [2.05, 4.69) is 83.4 Å². The van der Waals surface area contributed by atoms with Crippen LogP contribution in [0.5, 0.6) is 0 Å². The molecule has 0 saturated heterocycles. The molecule has 0 N–H and O–H groups in total. The van der Waals surface area contributed by atoms with Crippen molar-refractivity contribution in [2.45, 2.75) is 43.9 Å². The molecular weight excluding hydrogens is 434 g/mol. The molecule has 4 aromatic carbocycles. The second-order valence-electron chi connectivity index (χ2n) is 12.6. The molecule has 1 spiro atoms. The highest BCUT2D eigenvalue weighted by Gasteiger charge is 2.61. The molecule has 6 aliphatic rings. The van der Waals surface area contributed by atoms with Gasteiger partial charge in [-0.2, -0.15) is 0 Å². The van der Waals surface area contributed by atoms with Crippen LogP contribution in [-0.2, 0) is 11.8 Å². The molecule has 1 nitrogen and oxygen atoms in total. The van der Waals surface area contributed by atoms with Gasteiger partial charge in [-0.25, -0.2) is 0 Å². The Labute approximate surface area is 211 Å². The Hall–Kier alpha value is -3.32. The largest absolute Gasteiger partial charge is 0.309 e. The van der Waals surface area contributed by atoms with Crippen molar-refractivity contribution in [3.63, 3.8) is 0 Å². The van der Waals surface area contributed by atoms with Crippen LogP contribution in [0.1, 0.15) is 54.4 Å². The highest BCUT2D eigenvalue weighted by molar-refractivity contribution is 6.12. The summed E-state index contributed by atoms with van der Waals surface area (Å²) in [4.78, 5) is 0. The van der Waals surface area contributed by atoms with Gasteiger partial charge in [0, 0.05) is 16.2 Å². The van der Waals surface area contributed by atoms with Gasteiger partial charge < -0.3 is 4.57 Å². The molecule has 2 heterocycles. The van der Waals surface area contributed by atoms with E-state index < -0.39 is 0 Å². The zero-order valence-electron chi connectivity index (χ0n) is 20.5. The average molecular weight is 464 g/mol. The Morgan fingerprint density at radius 2 is 1.39 bits per heavy atom. The van der Waals surface area contributed by atoms with Crippen LogP contribution in [0.25, 0.3) is 38.6 Å². The lowest BCUT2D eigenvalue weighted by molar-refractivity contribution is -0.0416. The first kappa shape index (κ1) is 18.9. The molecule has 0 unspecified atom stereocenters. The third-order valence-corrected chi connectivity index (χ3v) is 11.2. The van der Waals surface area contributed by atoms with Crippen molar-refractivity contribution >= 4 is 21.8 Å². The van der Waals surface area contributed by atoms with Gasteiger partial charge in [-0.1, -0.05) is 66.7 Å². The predicted octanol–water partition coefficient (Wildman–Crippen LogP) is 8.41. The lowest BCUT2D eigenvalue weighted by Gasteiger charge is -2.63. The highest BCUT2D eigenvalue weighted by Crippen LogP contribution is 2.69. The molecule has 4 bridgehead atoms. The van der Waals surface area contributed by atoms with Crippen molar-refractivity contribution in [1.29, 1.82) is 0 Å². The number of nitrogens with zero attached hydrogens (tertiary/aromatic N) is 1. The van der Waals surface area contributed by atoms with Crippen molar-refractivity contribution in [3.8, 4) is 16.8 Å². The molecule has 5 aliphatic carbocycles. The number of aromatic nitrogens is 1. The van der Waals surface area contributed by atoms with Crippen molar-refractivity contribution in [2.24, 2.45) is 23.7 Å². The summed E-state index contributed by atoms with van der Waals surface area (Å²) in [5.74, 6) is 3.45. The average Bonchev–Trinajstić information content (AvgIpc) is 3.45. The topological polar surface area (TPSA) is 4.93 Å². The molecule has 11 rings (SSSR count). The molecule has 5 aromatic rings. The normalized spacial score (nSPS) is 30.2. The third-order valence-electron chi connectivity index (χ3n) is 11.2. The smallest absolute Gasteiger partial charge is 0.0582 e. The van der Waals surface area contributed by atoms with E-state index in [-0.39, 0.29) is 5.41 Å². The monoisotopic (exact) mass is 463 g/mol. The van der Waals surface area contributed by atoms with E-state index in [1.807, 2.05) is 0 Å². The van der Waals surface area contributed by atoms with Crippen LogP contribution < -0.4 is 0 Å². The van der Waals surface area contributed by atoms with Crippen LogP contribution in [-0.4, -0.2) is 4.57 Å². The first-order chi connectivity index (χ1) is 17.8. The molecule has 1 aliphatic heterocycles. The summed E-state index contributed by atoms with van der Waals surface area (Å²) in [7, 11) is 0. The number of hydrogen-bond donors (Lipinski definition) is 0. The maximum atomic E-state index is 2.66. The summed E-state index contributed by atoms with van der Waals surface area (Å²) in [6.45, 7) is 0. The Morgan fingerprint density at radius 1 is 0.639 bits per heavy atom. The Balaban J connectivity index is 1.44. The van der Waals surface area contributed by atoms with Crippen molar-refractivity contribution in [2.75, 3.05) is 0 Å². The Bertz CT molecular complexity index is 1750. The number of benzene rings is 4. The third kappa shape index (κ3) is 1.95. The first-order valence-corrected chi connectivity index (χ1v) is 14.1. The van der Waals surface area contributed by atoms with E-state index in [9.17, 15) is 0 Å². The summed E-state index contributed by atoms with van der Waals surface area (Å²) < 4.78 is 2.66. The molecule has 1 heteroatoms. The van der Waals surface area contributed by atoms with Gasteiger partial charge in [0.2, 0.25) is 0 Å². The summed E-state index contributed by atoms with van der Waals surface area (Å²) in [6.07, 6.45) is 8.28. The minimum atomic E-state index is 0.148.